The molecule has 0 heterocycles. The lowest BCUT2D eigenvalue weighted by Gasteiger charge is -2.16. The Hall–Kier alpha value is -2.10. The molecule has 1 aliphatic rings. The number of carbonyl (C=O) groups is 2. The Morgan fingerprint density at radius 1 is 1.06 bits per heavy atom. The van der Waals surface area contributed by atoms with Crippen LogP contribution in [0.3, 0.4) is 0 Å². The number of nitrogens with two attached hydrogens (primary N) is 2. The second-order valence-electron chi connectivity index (χ2n) is 4.46. The largest absolute Gasteiger partial charge is 0.366 e. The van der Waals surface area contributed by atoms with Crippen LogP contribution in [0.25, 0.3) is 5.57 Å². The highest BCUT2D eigenvalue weighted by Crippen LogP contribution is 2.29. The molecule has 1 aromatic rings. The summed E-state index contributed by atoms with van der Waals surface area (Å²) in [6.07, 6.45) is 6.25. The number of hydrogen-bond donors (Lipinski definition) is 2. The monoisotopic (exact) mass is 244 g/mol. The van der Waals surface area contributed by atoms with E-state index in [0.717, 1.165) is 36.8 Å². The molecule has 2 rings (SSSR count). The van der Waals surface area contributed by atoms with Gasteiger partial charge in [0.15, 0.2) is 0 Å². The summed E-state index contributed by atoms with van der Waals surface area (Å²) in [6.45, 7) is 0. The fraction of sp³-hybridized carbons (Fsp3) is 0.286. The average Bonchev–Trinajstić information content (AvgIpc) is 2.39. The van der Waals surface area contributed by atoms with E-state index in [1.54, 1.807) is 12.1 Å². The van der Waals surface area contributed by atoms with Crippen LogP contribution in [0.2, 0.25) is 0 Å². The number of hydrogen-bond acceptors (Lipinski definition) is 2. The second-order valence-corrected chi connectivity index (χ2v) is 4.46. The zero-order chi connectivity index (χ0) is 13.1. The maximum absolute atomic E-state index is 11.4. The zero-order valence-corrected chi connectivity index (χ0v) is 10.1. The van der Waals surface area contributed by atoms with Gasteiger partial charge in [0, 0.05) is 11.1 Å². The molecule has 0 fully saturated rings. The molecule has 4 heteroatoms. The van der Waals surface area contributed by atoms with Gasteiger partial charge in [0.2, 0.25) is 11.8 Å². The minimum absolute atomic E-state index is 0.404. The van der Waals surface area contributed by atoms with Crippen molar-refractivity contribution >= 4 is 17.4 Å². The minimum atomic E-state index is -0.497. The van der Waals surface area contributed by atoms with Crippen molar-refractivity contribution in [3.8, 4) is 0 Å². The molecule has 18 heavy (non-hydrogen) atoms. The molecule has 0 atom stereocenters. The van der Waals surface area contributed by atoms with Crippen LogP contribution < -0.4 is 11.5 Å². The van der Waals surface area contributed by atoms with Crippen molar-refractivity contribution in [2.24, 2.45) is 11.5 Å². The van der Waals surface area contributed by atoms with Crippen LogP contribution >= 0.6 is 0 Å². The number of amides is 2. The van der Waals surface area contributed by atoms with Crippen molar-refractivity contribution in [2.75, 3.05) is 0 Å². The summed E-state index contributed by atoms with van der Waals surface area (Å²) in [6, 6.07) is 4.78. The average molecular weight is 244 g/mol. The SMILES string of the molecule is NC(=O)c1ccc(C(N)=O)c(C2=CCCCC2)c1. The third-order valence-corrected chi connectivity index (χ3v) is 3.21. The van der Waals surface area contributed by atoms with Gasteiger partial charge in [-0.25, -0.2) is 0 Å². The molecule has 0 aromatic heterocycles. The highest BCUT2D eigenvalue weighted by molar-refractivity contribution is 6.01. The Bertz CT molecular complexity index is 533. The van der Waals surface area contributed by atoms with Crippen LogP contribution in [0.1, 0.15) is 52.0 Å². The van der Waals surface area contributed by atoms with Crippen LogP contribution in [0, 0.1) is 0 Å². The van der Waals surface area contributed by atoms with Gasteiger partial charge in [-0.2, -0.15) is 0 Å². The Labute approximate surface area is 106 Å². The maximum Gasteiger partial charge on any atom is 0.249 e. The second kappa shape index (κ2) is 5.04. The molecular weight excluding hydrogens is 228 g/mol. The number of allylic oxidation sites excluding steroid dienone is 2. The van der Waals surface area contributed by atoms with E-state index in [-0.39, 0.29) is 0 Å². The van der Waals surface area contributed by atoms with Gasteiger partial charge in [-0.15, -0.1) is 0 Å². The zero-order valence-electron chi connectivity index (χ0n) is 10.1. The Kier molecular flexibility index (Phi) is 3.46. The summed E-state index contributed by atoms with van der Waals surface area (Å²) in [5, 5.41) is 0. The van der Waals surface area contributed by atoms with Crippen LogP contribution in [0.4, 0.5) is 0 Å². The first-order chi connectivity index (χ1) is 8.59. The number of rotatable bonds is 3. The summed E-state index contributed by atoms with van der Waals surface area (Å²) in [4.78, 5) is 22.6. The predicted molar refractivity (Wildman–Crippen MR) is 69.9 cm³/mol. The quantitative estimate of drug-likeness (QED) is 0.850. The topological polar surface area (TPSA) is 86.2 Å². The fourth-order valence-corrected chi connectivity index (χ4v) is 2.26. The first-order valence-corrected chi connectivity index (χ1v) is 6.02. The van der Waals surface area contributed by atoms with E-state index >= 15 is 0 Å². The molecule has 0 bridgehead atoms. The van der Waals surface area contributed by atoms with E-state index in [4.69, 9.17) is 11.5 Å². The highest BCUT2D eigenvalue weighted by Gasteiger charge is 2.15. The van der Waals surface area contributed by atoms with E-state index in [0.29, 0.717) is 11.1 Å². The third-order valence-electron chi connectivity index (χ3n) is 3.21. The van der Waals surface area contributed by atoms with Gasteiger partial charge in [-0.3, -0.25) is 9.59 Å². The lowest BCUT2D eigenvalue weighted by Crippen LogP contribution is -2.16. The van der Waals surface area contributed by atoms with Crippen molar-refractivity contribution in [3.63, 3.8) is 0 Å². The molecule has 0 spiro atoms. The standard InChI is InChI=1S/C14H16N2O2/c15-13(17)10-6-7-11(14(16)18)12(8-10)9-4-2-1-3-5-9/h4,6-8H,1-3,5H2,(H2,15,17)(H2,16,18). The van der Waals surface area contributed by atoms with Crippen molar-refractivity contribution in [1.82, 2.24) is 0 Å². The number of benzene rings is 1. The lowest BCUT2D eigenvalue weighted by molar-refractivity contribution is 0.0988. The van der Waals surface area contributed by atoms with Crippen LogP contribution in [0.15, 0.2) is 24.3 Å². The molecule has 2 amide bonds. The third kappa shape index (κ3) is 2.42. The van der Waals surface area contributed by atoms with E-state index in [1.807, 2.05) is 0 Å². The lowest BCUT2D eigenvalue weighted by atomic mass is 9.89. The smallest absolute Gasteiger partial charge is 0.249 e. The van der Waals surface area contributed by atoms with Crippen LogP contribution in [-0.2, 0) is 0 Å². The highest BCUT2D eigenvalue weighted by atomic mass is 16.1. The van der Waals surface area contributed by atoms with Crippen LogP contribution in [-0.4, -0.2) is 11.8 Å². The maximum atomic E-state index is 11.4. The Balaban J connectivity index is 2.53. The summed E-state index contributed by atoms with van der Waals surface area (Å²) < 4.78 is 0. The summed E-state index contributed by atoms with van der Waals surface area (Å²) in [7, 11) is 0. The Morgan fingerprint density at radius 2 is 1.83 bits per heavy atom. The molecule has 4 N–H and O–H groups in total. The molecule has 0 unspecified atom stereocenters. The van der Waals surface area contributed by atoms with Crippen LogP contribution in [0.5, 0.6) is 0 Å². The normalized spacial score (nSPS) is 15.0. The molecule has 1 aromatic carbocycles. The molecule has 0 radical (unpaired) electrons. The first kappa shape index (κ1) is 12.4. The van der Waals surface area contributed by atoms with Gasteiger partial charge in [-0.05, 0) is 55.0 Å². The molecule has 94 valence electrons. The number of primary amides is 2. The first-order valence-electron chi connectivity index (χ1n) is 6.02. The van der Waals surface area contributed by atoms with Crippen molar-refractivity contribution in [3.05, 3.63) is 41.0 Å². The number of carbonyl (C=O) groups excluding carboxylic acids is 2. The fourth-order valence-electron chi connectivity index (χ4n) is 2.26. The minimum Gasteiger partial charge on any atom is -0.366 e. The summed E-state index contributed by atoms with van der Waals surface area (Å²) in [5.74, 6) is -0.976. The van der Waals surface area contributed by atoms with Gasteiger partial charge in [0.05, 0.1) is 0 Å². The summed E-state index contributed by atoms with van der Waals surface area (Å²) >= 11 is 0. The Morgan fingerprint density at radius 3 is 2.39 bits per heavy atom. The van der Waals surface area contributed by atoms with Crippen molar-refractivity contribution in [2.45, 2.75) is 25.7 Å². The van der Waals surface area contributed by atoms with Gasteiger partial charge in [0.1, 0.15) is 0 Å². The molecule has 1 aliphatic carbocycles. The molecule has 4 nitrogen and oxygen atoms in total. The predicted octanol–water partition coefficient (Wildman–Crippen LogP) is 1.84. The van der Waals surface area contributed by atoms with Crippen molar-refractivity contribution in [1.29, 1.82) is 0 Å². The van der Waals surface area contributed by atoms with Gasteiger partial charge >= 0.3 is 0 Å². The molecule has 0 saturated heterocycles. The van der Waals surface area contributed by atoms with Gasteiger partial charge in [-0.1, -0.05) is 6.08 Å². The summed E-state index contributed by atoms with van der Waals surface area (Å²) in [5.41, 5.74) is 13.3. The van der Waals surface area contributed by atoms with Gasteiger partial charge < -0.3 is 11.5 Å². The molecule has 0 saturated carbocycles. The molecular formula is C14H16N2O2. The van der Waals surface area contributed by atoms with Gasteiger partial charge in [0.25, 0.3) is 0 Å². The van der Waals surface area contributed by atoms with Crippen molar-refractivity contribution < 1.29 is 9.59 Å². The van der Waals surface area contributed by atoms with E-state index in [1.165, 1.54) is 6.07 Å². The van der Waals surface area contributed by atoms with E-state index < -0.39 is 11.8 Å². The van der Waals surface area contributed by atoms with E-state index in [9.17, 15) is 9.59 Å². The molecule has 0 aliphatic heterocycles. The van der Waals surface area contributed by atoms with E-state index in [2.05, 4.69) is 6.08 Å².